The molecule has 2 aliphatic carbocycles. The van der Waals surface area contributed by atoms with Gasteiger partial charge in [0.25, 0.3) is 0 Å². The molecule has 2 fully saturated rings. The minimum Gasteiger partial charge on any atom is -0.375 e. The molecule has 22 heavy (non-hydrogen) atoms. The van der Waals surface area contributed by atoms with Crippen molar-refractivity contribution in [2.75, 3.05) is 18.5 Å². The third-order valence-corrected chi connectivity index (χ3v) is 5.40. The monoisotopic (exact) mass is 300 g/mol. The summed E-state index contributed by atoms with van der Waals surface area (Å²) in [6, 6.07) is 6.65. The van der Waals surface area contributed by atoms with Crippen LogP contribution in [0.3, 0.4) is 0 Å². The van der Waals surface area contributed by atoms with Crippen LogP contribution in [-0.2, 0) is 22.4 Å². The van der Waals surface area contributed by atoms with Crippen LogP contribution in [0.2, 0.25) is 0 Å². The molecule has 0 aromatic heterocycles. The zero-order valence-electron chi connectivity index (χ0n) is 12.9. The van der Waals surface area contributed by atoms with Crippen LogP contribution >= 0.6 is 0 Å². The summed E-state index contributed by atoms with van der Waals surface area (Å²) in [7, 11) is 0. The van der Waals surface area contributed by atoms with E-state index in [9.17, 15) is 4.79 Å². The van der Waals surface area contributed by atoms with E-state index in [1.807, 2.05) is 0 Å². The number of aryl methyl sites for hydroxylation is 1. The summed E-state index contributed by atoms with van der Waals surface area (Å²) in [5.74, 6) is 0.291. The fourth-order valence-corrected chi connectivity index (χ4v) is 4.22. The molecule has 3 aliphatic rings. The fourth-order valence-electron chi connectivity index (χ4n) is 4.22. The molecule has 1 aromatic carbocycles. The maximum atomic E-state index is 12.7. The molecule has 0 spiro atoms. The number of morpholine rings is 1. The van der Waals surface area contributed by atoms with Gasteiger partial charge in [-0.25, -0.2) is 0 Å². The summed E-state index contributed by atoms with van der Waals surface area (Å²) < 4.78 is 5.79. The normalized spacial score (nSPS) is 30.5. The van der Waals surface area contributed by atoms with Crippen molar-refractivity contribution in [3.05, 3.63) is 29.3 Å². The number of rotatable bonds is 2. The molecule has 1 amide bonds. The summed E-state index contributed by atoms with van der Waals surface area (Å²) in [5.41, 5.74) is 3.79. The van der Waals surface area contributed by atoms with Gasteiger partial charge in [-0.15, -0.1) is 0 Å². The number of carbonyl (C=O) groups excluding carboxylic acids is 1. The molecule has 3 atom stereocenters. The number of ether oxygens (including phenoxy) is 1. The molecule has 0 radical (unpaired) electrons. The summed E-state index contributed by atoms with van der Waals surface area (Å²) in [6.45, 7) is 1.70. The first kappa shape index (κ1) is 14.2. The second-order valence-corrected chi connectivity index (χ2v) is 6.77. The smallest absolute Gasteiger partial charge is 0.227 e. The summed E-state index contributed by atoms with van der Waals surface area (Å²) in [4.78, 5) is 12.7. The molecule has 0 bridgehead atoms. The summed E-state index contributed by atoms with van der Waals surface area (Å²) in [6.07, 6.45) is 6.57. The lowest BCUT2D eigenvalue weighted by Gasteiger charge is -2.39. The van der Waals surface area contributed by atoms with Gasteiger partial charge in [-0.1, -0.05) is 12.1 Å². The van der Waals surface area contributed by atoms with Gasteiger partial charge in [0.15, 0.2) is 0 Å². The second-order valence-electron chi connectivity index (χ2n) is 6.77. The highest BCUT2D eigenvalue weighted by molar-refractivity contribution is 5.93. The van der Waals surface area contributed by atoms with Crippen molar-refractivity contribution in [1.29, 1.82) is 0 Å². The molecule has 2 N–H and O–H groups in total. The van der Waals surface area contributed by atoms with Gasteiger partial charge >= 0.3 is 0 Å². The average Bonchev–Trinajstić information content (AvgIpc) is 3.04. The van der Waals surface area contributed by atoms with Gasteiger partial charge in [-0.3, -0.25) is 4.79 Å². The lowest BCUT2D eigenvalue weighted by molar-refractivity contribution is -0.123. The first-order valence-electron chi connectivity index (χ1n) is 8.58. The molecular formula is C18H24N2O2. The fraction of sp³-hybridized carbons (Fsp3) is 0.611. The highest BCUT2D eigenvalue weighted by Crippen LogP contribution is 2.32. The quantitative estimate of drug-likeness (QED) is 0.881. The molecule has 4 heteroatoms. The lowest BCUT2D eigenvalue weighted by atomic mass is 9.82. The Morgan fingerprint density at radius 3 is 3.18 bits per heavy atom. The maximum absolute atomic E-state index is 12.7. The van der Waals surface area contributed by atoms with E-state index in [-0.39, 0.29) is 11.8 Å². The molecule has 1 aromatic rings. The molecule has 1 aliphatic heterocycles. The number of hydrogen-bond donors (Lipinski definition) is 2. The van der Waals surface area contributed by atoms with Crippen molar-refractivity contribution in [3.8, 4) is 0 Å². The second kappa shape index (κ2) is 6.01. The Bertz CT molecular complexity index is 572. The SMILES string of the molecule is O=C(Nc1cccc2c1CCC2)[C@H]1CC[C@H]2OCCN[C@@H]2C1. The van der Waals surface area contributed by atoms with Crippen molar-refractivity contribution in [3.63, 3.8) is 0 Å². The van der Waals surface area contributed by atoms with Crippen LogP contribution in [0.5, 0.6) is 0 Å². The third-order valence-electron chi connectivity index (χ3n) is 5.40. The largest absolute Gasteiger partial charge is 0.375 e. The van der Waals surface area contributed by atoms with E-state index in [1.54, 1.807) is 0 Å². The van der Waals surface area contributed by atoms with Crippen molar-refractivity contribution in [2.45, 2.75) is 50.7 Å². The van der Waals surface area contributed by atoms with Gasteiger partial charge in [0.1, 0.15) is 0 Å². The number of carbonyl (C=O) groups is 1. The van der Waals surface area contributed by atoms with Crippen molar-refractivity contribution in [1.82, 2.24) is 5.32 Å². The van der Waals surface area contributed by atoms with Crippen molar-refractivity contribution < 1.29 is 9.53 Å². The Labute approximate surface area is 131 Å². The standard InChI is InChI=1S/C18H24N2O2/c21-18(13-7-8-17-16(11-13)19-9-10-22-17)20-15-6-2-4-12-3-1-5-14(12)15/h2,4,6,13,16-17,19H,1,3,5,7-11H2,(H,20,21)/t13-,16+,17+/m0/s1. The summed E-state index contributed by atoms with van der Waals surface area (Å²) >= 11 is 0. The molecule has 4 nitrogen and oxygen atoms in total. The first-order valence-corrected chi connectivity index (χ1v) is 8.58. The molecular weight excluding hydrogens is 276 g/mol. The topological polar surface area (TPSA) is 50.4 Å². The average molecular weight is 300 g/mol. The van der Waals surface area contributed by atoms with Crippen LogP contribution < -0.4 is 10.6 Å². The highest BCUT2D eigenvalue weighted by atomic mass is 16.5. The Morgan fingerprint density at radius 1 is 1.27 bits per heavy atom. The minimum absolute atomic E-state index is 0.104. The van der Waals surface area contributed by atoms with Crippen LogP contribution in [-0.4, -0.2) is 31.2 Å². The summed E-state index contributed by atoms with van der Waals surface area (Å²) in [5, 5.41) is 6.71. The zero-order chi connectivity index (χ0) is 14.9. The minimum atomic E-state index is 0.104. The van der Waals surface area contributed by atoms with Crippen LogP contribution in [0.4, 0.5) is 5.69 Å². The number of anilines is 1. The van der Waals surface area contributed by atoms with Crippen LogP contribution in [0.15, 0.2) is 18.2 Å². The van der Waals surface area contributed by atoms with E-state index in [1.165, 1.54) is 17.5 Å². The number of amides is 1. The van der Waals surface area contributed by atoms with Gasteiger partial charge in [0.2, 0.25) is 5.91 Å². The Kier molecular flexibility index (Phi) is 3.89. The molecule has 1 saturated heterocycles. The van der Waals surface area contributed by atoms with Gasteiger partial charge in [0.05, 0.1) is 12.7 Å². The van der Waals surface area contributed by atoms with Gasteiger partial charge < -0.3 is 15.4 Å². The van der Waals surface area contributed by atoms with E-state index in [2.05, 4.69) is 28.8 Å². The number of fused-ring (bicyclic) bond motifs is 2. The predicted octanol–water partition coefficient (Wildman–Crippen LogP) is 2.27. The van der Waals surface area contributed by atoms with Crippen molar-refractivity contribution in [2.24, 2.45) is 5.92 Å². The Balaban J connectivity index is 1.43. The molecule has 1 saturated carbocycles. The molecule has 1 heterocycles. The van der Waals surface area contributed by atoms with E-state index in [0.29, 0.717) is 12.1 Å². The Hall–Kier alpha value is -1.39. The van der Waals surface area contributed by atoms with Crippen molar-refractivity contribution >= 4 is 11.6 Å². The first-order chi connectivity index (χ1) is 10.8. The maximum Gasteiger partial charge on any atom is 0.227 e. The molecule has 4 rings (SSSR count). The van der Waals surface area contributed by atoms with Gasteiger partial charge in [-0.05, 0) is 55.7 Å². The van der Waals surface area contributed by atoms with Gasteiger partial charge in [-0.2, -0.15) is 0 Å². The zero-order valence-corrected chi connectivity index (χ0v) is 12.9. The predicted molar refractivity (Wildman–Crippen MR) is 86.0 cm³/mol. The molecule has 118 valence electrons. The lowest BCUT2D eigenvalue weighted by Crippen LogP contribution is -2.52. The van der Waals surface area contributed by atoms with E-state index >= 15 is 0 Å². The number of hydrogen-bond acceptors (Lipinski definition) is 3. The Morgan fingerprint density at radius 2 is 2.23 bits per heavy atom. The van der Waals surface area contributed by atoms with Crippen LogP contribution in [0.25, 0.3) is 0 Å². The third kappa shape index (κ3) is 2.66. The van der Waals surface area contributed by atoms with E-state index in [0.717, 1.165) is 50.9 Å². The van der Waals surface area contributed by atoms with E-state index in [4.69, 9.17) is 4.74 Å². The van der Waals surface area contributed by atoms with E-state index < -0.39 is 0 Å². The highest BCUT2D eigenvalue weighted by Gasteiger charge is 2.36. The number of benzene rings is 1. The van der Waals surface area contributed by atoms with Crippen LogP contribution in [0, 0.1) is 5.92 Å². The van der Waals surface area contributed by atoms with Gasteiger partial charge in [0, 0.05) is 24.2 Å². The number of nitrogens with one attached hydrogen (secondary N) is 2. The van der Waals surface area contributed by atoms with Crippen LogP contribution in [0.1, 0.15) is 36.8 Å². The molecule has 0 unspecified atom stereocenters.